The zero-order valence-corrected chi connectivity index (χ0v) is 17.8. The molecule has 0 fully saturated rings. The van der Waals surface area contributed by atoms with Crippen LogP contribution in [0.2, 0.25) is 0 Å². The van der Waals surface area contributed by atoms with Crippen molar-refractivity contribution < 1.29 is 19.1 Å². The molecule has 2 aromatic rings. The van der Waals surface area contributed by atoms with Gasteiger partial charge in [-0.05, 0) is 19.8 Å². The van der Waals surface area contributed by atoms with Crippen molar-refractivity contribution in [2.24, 2.45) is 0 Å². The number of benzene rings is 2. The van der Waals surface area contributed by atoms with Crippen molar-refractivity contribution >= 4 is 17.8 Å². The Kier molecular flexibility index (Phi) is 8.65. The molecule has 0 saturated heterocycles. The summed E-state index contributed by atoms with van der Waals surface area (Å²) in [6.45, 7) is 7.88. The van der Waals surface area contributed by atoms with Crippen LogP contribution in [0.15, 0.2) is 72.8 Å². The monoisotopic (exact) mass is 402 g/mol. The lowest BCUT2D eigenvalue weighted by Gasteiger charge is -2.34. The van der Waals surface area contributed by atoms with E-state index in [1.54, 1.807) is 14.0 Å². The van der Waals surface area contributed by atoms with E-state index in [0.29, 0.717) is 12.0 Å². The summed E-state index contributed by atoms with van der Waals surface area (Å²) in [6, 6.07) is 18.8. The first-order chi connectivity index (χ1) is 13.4. The van der Waals surface area contributed by atoms with Crippen LogP contribution in [0.3, 0.4) is 0 Å². The van der Waals surface area contributed by atoms with E-state index in [9.17, 15) is 9.67 Å². The van der Waals surface area contributed by atoms with Crippen LogP contribution >= 0.6 is 7.14 Å². The average molecular weight is 402 g/mol. The van der Waals surface area contributed by atoms with Crippen LogP contribution in [0.4, 0.5) is 0 Å². The van der Waals surface area contributed by atoms with Gasteiger partial charge in [0.2, 0.25) is 0 Å². The van der Waals surface area contributed by atoms with Gasteiger partial charge in [0.05, 0.1) is 17.9 Å². The number of ether oxygens (including phenoxy) is 2. The van der Waals surface area contributed by atoms with Gasteiger partial charge in [-0.15, -0.1) is 0 Å². The maximum atomic E-state index is 14.7. The Labute approximate surface area is 168 Å². The topological polar surface area (TPSA) is 55.8 Å². The Bertz CT molecular complexity index is 732. The average Bonchev–Trinajstić information content (AvgIpc) is 2.74. The molecule has 0 aliphatic rings. The van der Waals surface area contributed by atoms with Crippen molar-refractivity contribution in [3.05, 3.63) is 72.8 Å². The number of hydrogen-bond acceptors (Lipinski definition) is 4. The number of rotatable bonds is 11. The van der Waals surface area contributed by atoms with Gasteiger partial charge in [0.25, 0.3) is 0 Å². The SMILES string of the molecule is C=C(C)[C@H](O)[C@@H](C[C@@H](CC)OCOC)P(=O)(c1ccccc1)c1ccccc1. The summed E-state index contributed by atoms with van der Waals surface area (Å²) in [5.74, 6) is 0. The standard InChI is InChI=1S/C23H31O4P/c1-5-19(27-17-26-4)16-22(23(24)18(2)3)28(25,20-12-8-6-9-13-20)21-14-10-7-11-15-21/h6-15,19,22-24H,2,5,16-17H2,1,3-4H3/t19-,22-,23+/m1/s1. The van der Waals surface area contributed by atoms with E-state index < -0.39 is 18.9 Å². The highest BCUT2D eigenvalue weighted by molar-refractivity contribution is 7.79. The van der Waals surface area contributed by atoms with E-state index in [0.717, 1.165) is 17.0 Å². The number of hydrogen-bond donors (Lipinski definition) is 1. The molecule has 0 saturated carbocycles. The van der Waals surface area contributed by atoms with E-state index >= 15 is 0 Å². The number of aliphatic hydroxyl groups is 1. The molecule has 0 spiro atoms. The lowest BCUT2D eigenvalue weighted by molar-refractivity contribution is -0.0768. The minimum atomic E-state index is -3.18. The molecule has 0 aliphatic heterocycles. The van der Waals surface area contributed by atoms with E-state index in [2.05, 4.69) is 6.58 Å². The Morgan fingerprint density at radius 3 is 1.96 bits per heavy atom. The van der Waals surface area contributed by atoms with Crippen LogP contribution in [0.5, 0.6) is 0 Å². The van der Waals surface area contributed by atoms with Crippen LogP contribution in [0.1, 0.15) is 26.7 Å². The zero-order chi connectivity index (χ0) is 20.6. The molecule has 0 unspecified atom stereocenters. The molecule has 4 nitrogen and oxygen atoms in total. The van der Waals surface area contributed by atoms with E-state index in [1.165, 1.54) is 0 Å². The van der Waals surface area contributed by atoms with Gasteiger partial charge in [-0.1, -0.05) is 79.7 Å². The maximum absolute atomic E-state index is 14.7. The predicted octanol–water partition coefficient (Wildman–Crippen LogP) is 4.10. The Balaban J connectivity index is 2.58. The lowest BCUT2D eigenvalue weighted by Crippen LogP contribution is -2.38. The van der Waals surface area contributed by atoms with E-state index in [-0.39, 0.29) is 12.9 Å². The van der Waals surface area contributed by atoms with Gasteiger partial charge in [-0.3, -0.25) is 0 Å². The fraction of sp³-hybridized carbons (Fsp3) is 0.391. The second-order valence-corrected chi connectivity index (χ2v) is 10.0. The van der Waals surface area contributed by atoms with Gasteiger partial charge in [0.1, 0.15) is 13.9 Å². The zero-order valence-electron chi connectivity index (χ0n) is 17.0. The minimum absolute atomic E-state index is 0.162. The maximum Gasteiger partial charge on any atom is 0.149 e. The first-order valence-corrected chi connectivity index (χ1v) is 11.4. The van der Waals surface area contributed by atoms with Crippen molar-refractivity contribution in [3.8, 4) is 0 Å². The second-order valence-electron chi connectivity index (χ2n) is 7.03. The van der Waals surface area contributed by atoms with Crippen LogP contribution < -0.4 is 10.6 Å². The quantitative estimate of drug-likeness (QED) is 0.349. The molecule has 0 heterocycles. The van der Waals surface area contributed by atoms with Crippen molar-refractivity contribution in [2.45, 2.75) is 44.6 Å². The number of methoxy groups -OCH3 is 1. The van der Waals surface area contributed by atoms with Gasteiger partial charge in [-0.25, -0.2) is 0 Å². The van der Waals surface area contributed by atoms with Crippen molar-refractivity contribution in [3.63, 3.8) is 0 Å². The second kappa shape index (κ2) is 10.7. The molecule has 28 heavy (non-hydrogen) atoms. The summed E-state index contributed by atoms with van der Waals surface area (Å²) < 4.78 is 25.5. The fourth-order valence-electron chi connectivity index (χ4n) is 3.42. The minimum Gasteiger partial charge on any atom is -0.388 e. The van der Waals surface area contributed by atoms with Gasteiger partial charge < -0.3 is 19.1 Å². The van der Waals surface area contributed by atoms with Crippen molar-refractivity contribution in [1.82, 2.24) is 0 Å². The largest absolute Gasteiger partial charge is 0.388 e. The molecular weight excluding hydrogens is 371 g/mol. The Morgan fingerprint density at radius 1 is 1.07 bits per heavy atom. The first-order valence-electron chi connectivity index (χ1n) is 9.60. The molecule has 5 heteroatoms. The predicted molar refractivity (Wildman–Crippen MR) is 116 cm³/mol. The number of aliphatic hydroxyl groups excluding tert-OH is 1. The summed E-state index contributed by atoms with van der Waals surface area (Å²) in [7, 11) is -1.60. The van der Waals surface area contributed by atoms with Gasteiger partial charge in [-0.2, -0.15) is 0 Å². The molecule has 0 radical (unpaired) electrons. The van der Waals surface area contributed by atoms with Crippen LogP contribution in [0.25, 0.3) is 0 Å². The molecule has 0 aromatic heterocycles. The van der Waals surface area contributed by atoms with Crippen molar-refractivity contribution in [1.29, 1.82) is 0 Å². The molecular formula is C23H31O4P. The smallest absolute Gasteiger partial charge is 0.149 e. The molecule has 0 aliphatic carbocycles. The first kappa shape index (κ1) is 22.6. The Morgan fingerprint density at radius 2 is 1.57 bits per heavy atom. The van der Waals surface area contributed by atoms with Crippen LogP contribution in [-0.2, 0) is 14.0 Å². The Hall–Kier alpha value is -1.71. The summed E-state index contributed by atoms with van der Waals surface area (Å²) in [6.07, 6.45) is 0.0764. The third-order valence-corrected chi connectivity index (χ3v) is 8.56. The van der Waals surface area contributed by atoms with Crippen molar-refractivity contribution in [2.75, 3.05) is 13.9 Å². The highest BCUT2D eigenvalue weighted by atomic mass is 31.2. The highest BCUT2D eigenvalue weighted by Crippen LogP contribution is 2.52. The van der Waals surface area contributed by atoms with Crippen LogP contribution in [0, 0.1) is 0 Å². The molecule has 2 rings (SSSR count). The third-order valence-electron chi connectivity index (χ3n) is 5.00. The molecule has 3 atom stereocenters. The normalized spacial score (nSPS) is 15.0. The summed E-state index contributed by atoms with van der Waals surface area (Å²) in [4.78, 5) is 0. The van der Waals surface area contributed by atoms with E-state index in [1.807, 2.05) is 67.6 Å². The molecule has 1 N–H and O–H groups in total. The molecule has 0 bridgehead atoms. The summed E-state index contributed by atoms with van der Waals surface area (Å²) >= 11 is 0. The summed E-state index contributed by atoms with van der Waals surface area (Å²) in [5.41, 5.74) is 0.0512. The fourth-order valence-corrected chi connectivity index (χ4v) is 6.90. The third kappa shape index (κ3) is 5.21. The van der Waals surface area contributed by atoms with Crippen LogP contribution in [-0.4, -0.2) is 36.9 Å². The van der Waals surface area contributed by atoms with Gasteiger partial charge >= 0.3 is 0 Å². The lowest BCUT2D eigenvalue weighted by atomic mass is 10.0. The van der Waals surface area contributed by atoms with Gasteiger partial charge in [0, 0.05) is 17.7 Å². The highest BCUT2D eigenvalue weighted by Gasteiger charge is 2.42. The molecule has 0 amide bonds. The van der Waals surface area contributed by atoms with E-state index in [4.69, 9.17) is 9.47 Å². The van der Waals surface area contributed by atoms with Gasteiger partial charge in [0.15, 0.2) is 0 Å². The molecule has 2 aromatic carbocycles. The molecule has 152 valence electrons. The summed E-state index contributed by atoms with van der Waals surface area (Å²) in [5, 5.41) is 12.5.